The van der Waals surface area contributed by atoms with E-state index in [2.05, 4.69) is 10.3 Å². The van der Waals surface area contributed by atoms with Gasteiger partial charge in [-0.1, -0.05) is 0 Å². The van der Waals surface area contributed by atoms with Crippen LogP contribution in [0.15, 0.2) is 11.6 Å². The Hall–Kier alpha value is -1.67. The summed E-state index contributed by atoms with van der Waals surface area (Å²) in [7, 11) is 0. The van der Waals surface area contributed by atoms with Crippen molar-refractivity contribution in [3.63, 3.8) is 0 Å². The van der Waals surface area contributed by atoms with Crippen LogP contribution in [0.3, 0.4) is 0 Å². The number of carboxylic acid groups (broad SMARTS) is 1. The van der Waals surface area contributed by atoms with Crippen LogP contribution in [0, 0.1) is 0 Å². The SMILES string of the molecule is O=C(O)C1COCCN1C(=O)NCc1nccs1. The van der Waals surface area contributed by atoms with E-state index >= 15 is 0 Å². The van der Waals surface area contributed by atoms with E-state index in [1.807, 2.05) is 5.38 Å². The first-order chi connectivity index (χ1) is 8.68. The Balaban J connectivity index is 1.92. The smallest absolute Gasteiger partial charge is 0.328 e. The Bertz CT molecular complexity index is 423. The fraction of sp³-hybridized carbons (Fsp3) is 0.500. The van der Waals surface area contributed by atoms with E-state index in [0.717, 1.165) is 5.01 Å². The Kier molecular flexibility index (Phi) is 4.11. The van der Waals surface area contributed by atoms with Gasteiger partial charge in [0.1, 0.15) is 5.01 Å². The maximum absolute atomic E-state index is 11.9. The highest BCUT2D eigenvalue weighted by Gasteiger charge is 2.32. The van der Waals surface area contributed by atoms with Crippen LogP contribution in [-0.4, -0.2) is 52.8 Å². The van der Waals surface area contributed by atoms with Crippen molar-refractivity contribution in [1.29, 1.82) is 0 Å². The highest BCUT2D eigenvalue weighted by atomic mass is 32.1. The molecule has 2 amide bonds. The minimum Gasteiger partial charge on any atom is -0.480 e. The van der Waals surface area contributed by atoms with Crippen LogP contribution < -0.4 is 5.32 Å². The van der Waals surface area contributed by atoms with Crippen molar-refractivity contribution in [2.75, 3.05) is 19.8 Å². The number of hydrogen-bond donors (Lipinski definition) is 2. The lowest BCUT2D eigenvalue weighted by atomic mass is 10.2. The standard InChI is InChI=1S/C10H13N3O4S/c14-9(15)7-6-17-3-2-13(7)10(16)12-5-8-11-1-4-18-8/h1,4,7H,2-3,5-6H2,(H,12,16)(H,14,15). The Morgan fingerprint density at radius 3 is 3.17 bits per heavy atom. The van der Waals surface area contributed by atoms with Crippen LogP contribution in [0.4, 0.5) is 4.79 Å². The third-order valence-electron chi connectivity index (χ3n) is 2.55. The van der Waals surface area contributed by atoms with Crippen LogP contribution in [0.5, 0.6) is 0 Å². The zero-order chi connectivity index (χ0) is 13.0. The molecule has 0 aliphatic carbocycles. The first kappa shape index (κ1) is 12.8. The molecule has 2 N–H and O–H groups in total. The molecule has 0 bridgehead atoms. The molecular formula is C10H13N3O4S. The summed E-state index contributed by atoms with van der Waals surface area (Å²) in [6.45, 7) is 0.968. The quantitative estimate of drug-likeness (QED) is 0.815. The minimum atomic E-state index is -1.06. The second kappa shape index (κ2) is 5.78. The lowest BCUT2D eigenvalue weighted by Crippen LogP contribution is -2.55. The minimum absolute atomic E-state index is 0.0278. The van der Waals surface area contributed by atoms with E-state index in [4.69, 9.17) is 9.84 Å². The molecule has 0 aromatic carbocycles. The third kappa shape index (κ3) is 2.96. The highest BCUT2D eigenvalue weighted by molar-refractivity contribution is 7.09. The molecule has 1 saturated heterocycles. The van der Waals surface area contributed by atoms with Gasteiger partial charge < -0.3 is 20.1 Å². The molecule has 8 heteroatoms. The van der Waals surface area contributed by atoms with Crippen molar-refractivity contribution in [3.8, 4) is 0 Å². The van der Waals surface area contributed by atoms with E-state index in [1.165, 1.54) is 16.2 Å². The number of hydrogen-bond acceptors (Lipinski definition) is 5. The zero-order valence-electron chi connectivity index (χ0n) is 9.54. The maximum Gasteiger partial charge on any atom is 0.328 e. The summed E-state index contributed by atoms with van der Waals surface area (Å²) in [5.41, 5.74) is 0. The predicted molar refractivity (Wildman–Crippen MR) is 63.3 cm³/mol. The Morgan fingerprint density at radius 1 is 1.67 bits per heavy atom. The molecule has 7 nitrogen and oxygen atoms in total. The average Bonchev–Trinajstić information content (AvgIpc) is 2.89. The first-order valence-corrected chi connectivity index (χ1v) is 6.30. The number of carbonyl (C=O) groups is 2. The normalized spacial score (nSPS) is 19.6. The molecule has 18 heavy (non-hydrogen) atoms. The Labute approximate surface area is 107 Å². The van der Waals surface area contributed by atoms with E-state index < -0.39 is 18.0 Å². The van der Waals surface area contributed by atoms with E-state index in [9.17, 15) is 9.59 Å². The van der Waals surface area contributed by atoms with Crippen LogP contribution in [0.25, 0.3) is 0 Å². The van der Waals surface area contributed by atoms with E-state index in [-0.39, 0.29) is 13.2 Å². The molecule has 0 radical (unpaired) electrons. The average molecular weight is 271 g/mol. The van der Waals surface area contributed by atoms with Gasteiger partial charge >= 0.3 is 12.0 Å². The van der Waals surface area contributed by atoms with Crippen molar-refractivity contribution >= 4 is 23.3 Å². The third-order valence-corrected chi connectivity index (χ3v) is 3.33. The van der Waals surface area contributed by atoms with Crippen LogP contribution in [-0.2, 0) is 16.1 Å². The predicted octanol–water partition coefficient (Wildman–Crippen LogP) is 0.138. The molecular weight excluding hydrogens is 258 g/mol. The van der Waals surface area contributed by atoms with Crippen LogP contribution in [0.2, 0.25) is 0 Å². The van der Waals surface area contributed by atoms with E-state index in [0.29, 0.717) is 13.2 Å². The molecule has 1 aromatic heterocycles. The van der Waals surface area contributed by atoms with Crippen LogP contribution >= 0.6 is 11.3 Å². The fourth-order valence-electron chi connectivity index (χ4n) is 1.64. The zero-order valence-corrected chi connectivity index (χ0v) is 10.4. The molecule has 1 aliphatic heterocycles. The van der Waals surface area contributed by atoms with Gasteiger partial charge in [-0.15, -0.1) is 11.3 Å². The van der Waals surface area contributed by atoms with Crippen LogP contribution in [0.1, 0.15) is 5.01 Å². The van der Waals surface area contributed by atoms with Crippen molar-refractivity contribution in [3.05, 3.63) is 16.6 Å². The number of nitrogens with one attached hydrogen (secondary N) is 1. The number of carboxylic acids is 1. The largest absolute Gasteiger partial charge is 0.480 e. The van der Waals surface area contributed by atoms with Crippen molar-refractivity contribution in [2.24, 2.45) is 0 Å². The van der Waals surface area contributed by atoms with Crippen molar-refractivity contribution < 1.29 is 19.4 Å². The lowest BCUT2D eigenvalue weighted by Gasteiger charge is -2.32. The second-order valence-electron chi connectivity index (χ2n) is 3.71. The topological polar surface area (TPSA) is 91.8 Å². The molecule has 98 valence electrons. The number of urea groups is 1. The highest BCUT2D eigenvalue weighted by Crippen LogP contribution is 2.08. The molecule has 1 fully saturated rings. The maximum atomic E-state index is 11.9. The number of carbonyl (C=O) groups excluding carboxylic acids is 1. The lowest BCUT2D eigenvalue weighted by molar-refractivity contribution is -0.147. The van der Waals surface area contributed by atoms with Gasteiger partial charge in [0.25, 0.3) is 0 Å². The molecule has 1 aromatic rings. The molecule has 1 aliphatic rings. The summed E-state index contributed by atoms with van der Waals surface area (Å²) < 4.78 is 5.06. The number of rotatable bonds is 3. The van der Waals surface area contributed by atoms with Gasteiger partial charge in [0.05, 0.1) is 19.8 Å². The Morgan fingerprint density at radius 2 is 2.50 bits per heavy atom. The summed E-state index contributed by atoms with van der Waals surface area (Å²) in [6.07, 6.45) is 1.65. The van der Waals surface area contributed by atoms with Gasteiger partial charge in [-0.25, -0.2) is 14.6 Å². The van der Waals surface area contributed by atoms with Crippen molar-refractivity contribution in [1.82, 2.24) is 15.2 Å². The summed E-state index contributed by atoms with van der Waals surface area (Å²) in [4.78, 5) is 28.2. The first-order valence-electron chi connectivity index (χ1n) is 5.42. The fourth-order valence-corrected chi connectivity index (χ4v) is 2.20. The second-order valence-corrected chi connectivity index (χ2v) is 4.69. The van der Waals surface area contributed by atoms with Gasteiger partial charge in [-0.05, 0) is 0 Å². The summed E-state index contributed by atoms with van der Waals surface area (Å²) >= 11 is 1.43. The number of nitrogens with zero attached hydrogens (tertiary/aromatic N) is 2. The molecule has 2 heterocycles. The number of morpholine rings is 1. The van der Waals surface area contributed by atoms with Gasteiger partial charge in [-0.2, -0.15) is 0 Å². The summed E-state index contributed by atoms with van der Waals surface area (Å²) in [6, 6.07) is -1.32. The number of aliphatic carboxylic acids is 1. The van der Waals surface area contributed by atoms with Crippen molar-refractivity contribution in [2.45, 2.75) is 12.6 Å². The van der Waals surface area contributed by atoms with Gasteiger partial charge in [0.2, 0.25) is 0 Å². The number of aromatic nitrogens is 1. The molecule has 2 rings (SSSR count). The number of ether oxygens (including phenoxy) is 1. The molecule has 0 spiro atoms. The van der Waals surface area contributed by atoms with Gasteiger partial charge in [-0.3, -0.25) is 0 Å². The van der Waals surface area contributed by atoms with Gasteiger partial charge in [0, 0.05) is 18.1 Å². The number of thiazole rings is 1. The van der Waals surface area contributed by atoms with Gasteiger partial charge in [0.15, 0.2) is 6.04 Å². The molecule has 1 atom stereocenters. The molecule has 0 saturated carbocycles. The number of amides is 2. The molecule has 1 unspecified atom stereocenters. The van der Waals surface area contributed by atoms with E-state index in [1.54, 1.807) is 6.20 Å². The summed E-state index contributed by atoms with van der Waals surface area (Å²) in [5.74, 6) is -1.06. The summed E-state index contributed by atoms with van der Waals surface area (Å²) in [5, 5.41) is 14.3. The monoisotopic (exact) mass is 271 g/mol.